The van der Waals surface area contributed by atoms with E-state index in [9.17, 15) is 4.79 Å². The molecule has 0 aliphatic carbocycles. The highest BCUT2D eigenvalue weighted by molar-refractivity contribution is 5.69. The van der Waals surface area contributed by atoms with Crippen LogP contribution in [0.1, 0.15) is 19.8 Å². The van der Waals surface area contributed by atoms with E-state index < -0.39 is 5.97 Å². The Kier molecular flexibility index (Phi) is 4.94. The van der Waals surface area contributed by atoms with Crippen LogP contribution >= 0.6 is 0 Å². The molecule has 0 amide bonds. The fraction of sp³-hybridized carbons (Fsp3) is 0.857. The largest absolute Gasteiger partial charge is 0.481 e. The van der Waals surface area contributed by atoms with Crippen molar-refractivity contribution in [3.63, 3.8) is 0 Å². The van der Waals surface area contributed by atoms with Gasteiger partial charge in [0, 0.05) is 13.7 Å². The molecule has 0 saturated carbocycles. The van der Waals surface area contributed by atoms with Crippen LogP contribution in [0.25, 0.3) is 0 Å². The van der Waals surface area contributed by atoms with Gasteiger partial charge in [-0.15, -0.1) is 0 Å². The number of carboxylic acid groups (broad SMARTS) is 1. The highest BCUT2D eigenvalue weighted by Gasteiger charge is 2.08. The number of aliphatic carboxylic acids is 1. The molecule has 3 nitrogen and oxygen atoms in total. The minimum atomic E-state index is -0.726. The van der Waals surface area contributed by atoms with E-state index in [4.69, 9.17) is 9.84 Å². The molecule has 0 heterocycles. The Bertz CT molecular complexity index is 101. The predicted octanol–water partition coefficient (Wildman–Crippen LogP) is 1.13. The summed E-state index contributed by atoms with van der Waals surface area (Å²) < 4.78 is 4.78. The fourth-order valence-corrected chi connectivity index (χ4v) is 0.657. The molecule has 0 saturated heterocycles. The molecule has 0 aliphatic rings. The molecule has 0 aromatic rings. The molecule has 0 aliphatic heterocycles. The second-order valence-electron chi connectivity index (χ2n) is 2.37. The van der Waals surface area contributed by atoms with Crippen LogP contribution in [0.5, 0.6) is 0 Å². The van der Waals surface area contributed by atoms with Gasteiger partial charge in [0.05, 0.1) is 5.92 Å². The van der Waals surface area contributed by atoms with Crippen molar-refractivity contribution >= 4 is 5.97 Å². The Balaban J connectivity index is 3.21. The van der Waals surface area contributed by atoms with Gasteiger partial charge in [-0.2, -0.15) is 0 Å². The third kappa shape index (κ3) is 4.32. The lowest BCUT2D eigenvalue weighted by atomic mass is 10.1. The van der Waals surface area contributed by atoms with Crippen LogP contribution in [0.4, 0.5) is 0 Å². The second kappa shape index (κ2) is 5.23. The number of hydrogen-bond acceptors (Lipinski definition) is 2. The average molecular weight is 146 g/mol. The molecule has 1 atom stereocenters. The first-order valence-corrected chi connectivity index (χ1v) is 3.40. The number of ether oxygens (including phenoxy) is 1. The average Bonchev–Trinajstić information content (AvgIpc) is 1.88. The maximum absolute atomic E-state index is 10.3. The number of carbonyl (C=O) groups is 1. The molecule has 10 heavy (non-hydrogen) atoms. The smallest absolute Gasteiger partial charge is 0.306 e. The molecule has 0 spiro atoms. The van der Waals surface area contributed by atoms with Crippen molar-refractivity contribution in [2.45, 2.75) is 19.8 Å². The van der Waals surface area contributed by atoms with Crippen LogP contribution < -0.4 is 0 Å². The van der Waals surface area contributed by atoms with E-state index in [0.29, 0.717) is 13.0 Å². The Morgan fingerprint density at radius 2 is 2.30 bits per heavy atom. The van der Waals surface area contributed by atoms with Gasteiger partial charge in [-0.25, -0.2) is 0 Å². The van der Waals surface area contributed by atoms with Crippen LogP contribution in [0.15, 0.2) is 0 Å². The van der Waals surface area contributed by atoms with Gasteiger partial charge in [0.1, 0.15) is 0 Å². The number of hydrogen-bond donors (Lipinski definition) is 1. The SMILES string of the molecule is COCCC[C@@H](C)C(=O)O. The normalized spacial score (nSPS) is 13.0. The van der Waals surface area contributed by atoms with Gasteiger partial charge in [-0.1, -0.05) is 6.92 Å². The first-order valence-electron chi connectivity index (χ1n) is 3.40. The van der Waals surface area contributed by atoms with Crippen molar-refractivity contribution in [3.05, 3.63) is 0 Å². The zero-order valence-electron chi connectivity index (χ0n) is 6.46. The van der Waals surface area contributed by atoms with Gasteiger partial charge >= 0.3 is 5.97 Å². The maximum Gasteiger partial charge on any atom is 0.306 e. The second-order valence-corrected chi connectivity index (χ2v) is 2.37. The summed E-state index contributed by atoms with van der Waals surface area (Å²) >= 11 is 0. The first kappa shape index (κ1) is 9.43. The van der Waals surface area contributed by atoms with Crippen molar-refractivity contribution in [3.8, 4) is 0 Å². The fourth-order valence-electron chi connectivity index (χ4n) is 0.657. The van der Waals surface area contributed by atoms with Crippen molar-refractivity contribution in [1.82, 2.24) is 0 Å². The quantitative estimate of drug-likeness (QED) is 0.591. The third-order valence-corrected chi connectivity index (χ3v) is 1.41. The van der Waals surface area contributed by atoms with E-state index in [-0.39, 0.29) is 5.92 Å². The summed E-state index contributed by atoms with van der Waals surface area (Å²) in [6.45, 7) is 2.36. The third-order valence-electron chi connectivity index (χ3n) is 1.41. The van der Waals surface area contributed by atoms with E-state index in [2.05, 4.69) is 0 Å². The molecule has 3 heteroatoms. The maximum atomic E-state index is 10.3. The molecule has 0 fully saturated rings. The van der Waals surface area contributed by atoms with E-state index in [1.165, 1.54) is 0 Å². The van der Waals surface area contributed by atoms with Gasteiger partial charge < -0.3 is 9.84 Å². The Labute approximate surface area is 61.0 Å². The lowest BCUT2D eigenvalue weighted by Crippen LogP contribution is -2.09. The van der Waals surface area contributed by atoms with Crippen molar-refractivity contribution < 1.29 is 14.6 Å². The van der Waals surface area contributed by atoms with E-state index in [1.807, 2.05) is 0 Å². The molecule has 0 aromatic carbocycles. The minimum Gasteiger partial charge on any atom is -0.481 e. The Morgan fingerprint density at radius 3 is 2.70 bits per heavy atom. The van der Waals surface area contributed by atoms with Gasteiger partial charge in [0.2, 0.25) is 0 Å². The zero-order chi connectivity index (χ0) is 7.98. The number of carboxylic acids is 1. The van der Waals surface area contributed by atoms with Crippen LogP contribution in [-0.2, 0) is 9.53 Å². The number of rotatable bonds is 5. The minimum absolute atomic E-state index is 0.241. The van der Waals surface area contributed by atoms with E-state index >= 15 is 0 Å². The summed E-state index contributed by atoms with van der Waals surface area (Å²) in [6.07, 6.45) is 1.52. The van der Waals surface area contributed by atoms with E-state index in [1.54, 1.807) is 14.0 Å². The van der Waals surface area contributed by atoms with Gasteiger partial charge in [0.25, 0.3) is 0 Å². The molecule has 0 bridgehead atoms. The van der Waals surface area contributed by atoms with Gasteiger partial charge in [-0.3, -0.25) is 4.79 Å². The van der Waals surface area contributed by atoms with Crippen LogP contribution in [0.2, 0.25) is 0 Å². The molecular formula is C7H14O3. The molecule has 0 radical (unpaired) electrons. The topological polar surface area (TPSA) is 46.5 Å². The van der Waals surface area contributed by atoms with Crippen LogP contribution in [0.3, 0.4) is 0 Å². The Hall–Kier alpha value is -0.570. The molecule has 0 rings (SSSR count). The summed E-state index contributed by atoms with van der Waals surface area (Å²) in [7, 11) is 1.62. The summed E-state index contributed by atoms with van der Waals surface area (Å²) in [5.41, 5.74) is 0. The predicted molar refractivity (Wildman–Crippen MR) is 37.9 cm³/mol. The highest BCUT2D eigenvalue weighted by Crippen LogP contribution is 2.04. The summed E-state index contributed by atoms with van der Waals surface area (Å²) in [6, 6.07) is 0. The zero-order valence-corrected chi connectivity index (χ0v) is 6.46. The van der Waals surface area contributed by atoms with Crippen LogP contribution in [0, 0.1) is 5.92 Å². The molecule has 60 valence electrons. The van der Waals surface area contributed by atoms with Gasteiger partial charge in [0.15, 0.2) is 0 Å². The lowest BCUT2D eigenvalue weighted by Gasteiger charge is -2.03. The van der Waals surface area contributed by atoms with Gasteiger partial charge in [-0.05, 0) is 12.8 Å². The van der Waals surface area contributed by atoms with Crippen molar-refractivity contribution in [2.24, 2.45) is 5.92 Å². The molecule has 1 N–H and O–H groups in total. The number of methoxy groups -OCH3 is 1. The summed E-state index contributed by atoms with van der Waals surface area (Å²) in [5.74, 6) is -0.966. The lowest BCUT2D eigenvalue weighted by molar-refractivity contribution is -0.141. The molecule has 0 aromatic heterocycles. The van der Waals surface area contributed by atoms with E-state index in [0.717, 1.165) is 6.42 Å². The van der Waals surface area contributed by atoms with Crippen molar-refractivity contribution in [1.29, 1.82) is 0 Å². The molecule has 0 unspecified atom stereocenters. The van der Waals surface area contributed by atoms with Crippen molar-refractivity contribution in [2.75, 3.05) is 13.7 Å². The molecular weight excluding hydrogens is 132 g/mol. The Morgan fingerprint density at radius 1 is 1.70 bits per heavy atom. The van der Waals surface area contributed by atoms with Crippen LogP contribution in [-0.4, -0.2) is 24.8 Å². The first-order chi connectivity index (χ1) is 4.68. The summed E-state index contributed by atoms with van der Waals surface area (Å²) in [5, 5.41) is 8.44. The highest BCUT2D eigenvalue weighted by atomic mass is 16.5. The standard InChI is InChI=1S/C7H14O3/c1-6(7(8)9)4-3-5-10-2/h6H,3-5H2,1-2H3,(H,8,9)/t6-/m1/s1. The summed E-state index contributed by atoms with van der Waals surface area (Å²) in [4.78, 5) is 10.3. The monoisotopic (exact) mass is 146 g/mol.